The van der Waals surface area contributed by atoms with Crippen molar-refractivity contribution in [3.63, 3.8) is 0 Å². The number of rotatable bonds is 3. The number of ether oxygens (including phenoxy) is 1. The molecule has 0 fully saturated rings. The molecule has 4 rings (SSSR count). The van der Waals surface area contributed by atoms with Crippen LogP contribution in [0, 0.1) is 0 Å². The first-order valence-corrected chi connectivity index (χ1v) is 7.90. The lowest BCUT2D eigenvalue weighted by Gasteiger charge is -2.45. The van der Waals surface area contributed by atoms with E-state index in [9.17, 15) is 0 Å². The van der Waals surface area contributed by atoms with Gasteiger partial charge in [-0.25, -0.2) is 5.01 Å². The van der Waals surface area contributed by atoms with Gasteiger partial charge in [-0.1, -0.05) is 31.5 Å². The zero-order chi connectivity index (χ0) is 15.2. The molecule has 0 spiro atoms. The molecule has 0 N–H and O–H groups in total. The number of hydrazone groups is 1. The molecular weight excluding hydrogens is 276 g/mol. The highest BCUT2D eigenvalue weighted by Crippen LogP contribution is 2.47. The molecule has 1 aromatic heterocycles. The first-order chi connectivity index (χ1) is 10.7. The molecular formula is C18H20N2O2. The van der Waals surface area contributed by atoms with Crippen molar-refractivity contribution in [1.29, 1.82) is 0 Å². The van der Waals surface area contributed by atoms with Crippen molar-refractivity contribution in [2.75, 3.05) is 0 Å². The summed E-state index contributed by atoms with van der Waals surface area (Å²) in [6.07, 6.45) is 4.54. The van der Waals surface area contributed by atoms with Crippen LogP contribution in [0.2, 0.25) is 0 Å². The van der Waals surface area contributed by atoms with Crippen molar-refractivity contribution >= 4 is 5.71 Å². The van der Waals surface area contributed by atoms with Crippen LogP contribution >= 0.6 is 0 Å². The third kappa shape index (κ3) is 1.94. The Morgan fingerprint density at radius 2 is 2.14 bits per heavy atom. The van der Waals surface area contributed by atoms with E-state index in [1.54, 1.807) is 6.26 Å². The summed E-state index contributed by atoms with van der Waals surface area (Å²) in [5.74, 6) is 1.83. The van der Waals surface area contributed by atoms with Crippen LogP contribution in [0.25, 0.3) is 0 Å². The molecule has 0 aliphatic carbocycles. The second-order valence-electron chi connectivity index (χ2n) is 6.15. The number of fused-ring (bicyclic) bond motifs is 3. The lowest BCUT2D eigenvalue weighted by atomic mass is 9.95. The fraction of sp³-hybridized carbons (Fsp3) is 0.389. The van der Waals surface area contributed by atoms with Crippen molar-refractivity contribution in [2.24, 2.45) is 5.10 Å². The van der Waals surface area contributed by atoms with Crippen LogP contribution in [0.5, 0.6) is 5.75 Å². The molecule has 0 saturated heterocycles. The Bertz CT molecular complexity index is 708. The Morgan fingerprint density at radius 3 is 2.91 bits per heavy atom. The summed E-state index contributed by atoms with van der Waals surface area (Å²) in [6.45, 7) is 4.31. The van der Waals surface area contributed by atoms with E-state index in [1.807, 2.05) is 18.2 Å². The highest BCUT2D eigenvalue weighted by Gasteiger charge is 2.47. The largest absolute Gasteiger partial charge is 0.466 e. The van der Waals surface area contributed by atoms with E-state index in [4.69, 9.17) is 14.3 Å². The van der Waals surface area contributed by atoms with Crippen LogP contribution in [0.1, 0.15) is 50.5 Å². The van der Waals surface area contributed by atoms with Crippen LogP contribution in [0.3, 0.4) is 0 Å². The van der Waals surface area contributed by atoms with E-state index in [1.165, 1.54) is 5.56 Å². The van der Waals surface area contributed by atoms with Gasteiger partial charge in [0.2, 0.25) is 0 Å². The van der Waals surface area contributed by atoms with Crippen LogP contribution in [0.15, 0.2) is 52.2 Å². The standard InChI is InChI=1S/C18H20N2O2/c1-3-10-18(2)20-15(13-7-4-5-8-16(13)22-18)12-14(19-20)17-9-6-11-21-17/h4-9,11,15H,3,10,12H2,1-2H3/t15-,18+/m1/s1. The van der Waals surface area contributed by atoms with E-state index in [2.05, 4.69) is 37.1 Å². The number of para-hydroxylation sites is 1. The lowest BCUT2D eigenvalue weighted by molar-refractivity contribution is -0.111. The van der Waals surface area contributed by atoms with Gasteiger partial charge in [-0.3, -0.25) is 0 Å². The molecule has 0 saturated carbocycles. The fourth-order valence-electron chi connectivity index (χ4n) is 3.54. The van der Waals surface area contributed by atoms with Gasteiger partial charge in [-0.2, -0.15) is 5.10 Å². The summed E-state index contributed by atoms with van der Waals surface area (Å²) in [6, 6.07) is 12.4. The molecule has 4 heteroatoms. The molecule has 22 heavy (non-hydrogen) atoms. The number of hydrogen-bond acceptors (Lipinski definition) is 4. The molecule has 2 aliphatic heterocycles. The van der Waals surface area contributed by atoms with Crippen molar-refractivity contribution in [2.45, 2.75) is 44.9 Å². The van der Waals surface area contributed by atoms with Gasteiger partial charge in [0.25, 0.3) is 0 Å². The third-order valence-corrected chi connectivity index (χ3v) is 4.52. The molecule has 0 radical (unpaired) electrons. The van der Waals surface area contributed by atoms with Gasteiger partial charge in [0.05, 0.1) is 12.3 Å². The summed E-state index contributed by atoms with van der Waals surface area (Å²) >= 11 is 0. The van der Waals surface area contributed by atoms with E-state index < -0.39 is 5.72 Å². The van der Waals surface area contributed by atoms with E-state index in [0.717, 1.165) is 36.5 Å². The van der Waals surface area contributed by atoms with Crippen molar-refractivity contribution in [3.05, 3.63) is 54.0 Å². The molecule has 0 unspecified atom stereocenters. The predicted molar refractivity (Wildman–Crippen MR) is 84.8 cm³/mol. The normalized spacial score (nSPS) is 26.2. The minimum atomic E-state index is -0.401. The Labute approximate surface area is 130 Å². The van der Waals surface area contributed by atoms with Crippen LogP contribution in [-0.2, 0) is 0 Å². The summed E-state index contributed by atoms with van der Waals surface area (Å²) in [5, 5.41) is 6.99. The molecule has 114 valence electrons. The van der Waals surface area contributed by atoms with Crippen molar-refractivity contribution in [3.8, 4) is 5.75 Å². The molecule has 4 nitrogen and oxygen atoms in total. The lowest BCUT2D eigenvalue weighted by Crippen LogP contribution is -2.51. The molecule has 2 aromatic rings. The number of nitrogens with zero attached hydrogens (tertiary/aromatic N) is 2. The Morgan fingerprint density at radius 1 is 1.27 bits per heavy atom. The molecule has 2 aliphatic rings. The van der Waals surface area contributed by atoms with Gasteiger partial charge in [-0.15, -0.1) is 0 Å². The average molecular weight is 296 g/mol. The smallest absolute Gasteiger partial charge is 0.195 e. The van der Waals surface area contributed by atoms with Crippen LogP contribution < -0.4 is 4.74 Å². The van der Waals surface area contributed by atoms with Gasteiger partial charge >= 0.3 is 0 Å². The molecule has 0 amide bonds. The minimum Gasteiger partial charge on any atom is -0.466 e. The topological polar surface area (TPSA) is 38.0 Å². The van der Waals surface area contributed by atoms with Crippen LogP contribution in [0.4, 0.5) is 0 Å². The van der Waals surface area contributed by atoms with Crippen molar-refractivity contribution < 1.29 is 9.15 Å². The van der Waals surface area contributed by atoms with Crippen LogP contribution in [-0.4, -0.2) is 16.4 Å². The van der Waals surface area contributed by atoms with Gasteiger partial charge in [0.1, 0.15) is 17.2 Å². The Balaban J connectivity index is 1.79. The van der Waals surface area contributed by atoms with E-state index >= 15 is 0 Å². The predicted octanol–water partition coefficient (Wildman–Crippen LogP) is 4.34. The molecule has 0 bridgehead atoms. The summed E-state index contributed by atoms with van der Waals surface area (Å²) < 4.78 is 11.9. The first kappa shape index (κ1) is 13.4. The summed E-state index contributed by atoms with van der Waals surface area (Å²) in [4.78, 5) is 0. The highest BCUT2D eigenvalue weighted by molar-refractivity contribution is 5.99. The van der Waals surface area contributed by atoms with E-state index in [0.29, 0.717) is 0 Å². The fourth-order valence-corrected chi connectivity index (χ4v) is 3.54. The van der Waals surface area contributed by atoms with Gasteiger partial charge in [0.15, 0.2) is 5.72 Å². The second kappa shape index (κ2) is 4.90. The number of benzene rings is 1. The highest BCUT2D eigenvalue weighted by atomic mass is 16.5. The third-order valence-electron chi connectivity index (χ3n) is 4.52. The molecule has 2 atom stereocenters. The van der Waals surface area contributed by atoms with Gasteiger partial charge in [0, 0.05) is 18.4 Å². The summed E-state index contributed by atoms with van der Waals surface area (Å²) in [5.41, 5.74) is 1.81. The maximum atomic E-state index is 6.33. The van der Waals surface area contributed by atoms with E-state index in [-0.39, 0.29) is 6.04 Å². The average Bonchev–Trinajstić information content (AvgIpc) is 3.17. The molecule has 1 aromatic carbocycles. The Hall–Kier alpha value is -2.23. The second-order valence-corrected chi connectivity index (χ2v) is 6.15. The first-order valence-electron chi connectivity index (χ1n) is 7.90. The quantitative estimate of drug-likeness (QED) is 0.845. The number of hydrogen-bond donors (Lipinski definition) is 0. The zero-order valence-corrected chi connectivity index (χ0v) is 13.0. The monoisotopic (exact) mass is 296 g/mol. The van der Waals surface area contributed by atoms with Crippen molar-refractivity contribution in [1.82, 2.24) is 5.01 Å². The maximum Gasteiger partial charge on any atom is 0.195 e. The Kier molecular flexibility index (Phi) is 2.99. The minimum absolute atomic E-state index is 0.224. The maximum absolute atomic E-state index is 6.33. The number of furan rings is 1. The summed E-state index contributed by atoms with van der Waals surface area (Å²) in [7, 11) is 0. The van der Waals surface area contributed by atoms with Gasteiger partial charge in [-0.05, 0) is 25.1 Å². The zero-order valence-electron chi connectivity index (χ0n) is 13.0. The molecule has 3 heterocycles. The van der Waals surface area contributed by atoms with Gasteiger partial charge < -0.3 is 9.15 Å². The SMILES string of the molecule is CCC[C@]1(C)Oc2ccccc2[C@H]2CC(c3ccco3)=NN21.